The largest absolute Gasteiger partial charge is 0.497 e. The maximum atomic E-state index is 12.0. The molecule has 0 heterocycles. The van der Waals surface area contributed by atoms with Gasteiger partial charge in [-0.05, 0) is 55.3 Å². The van der Waals surface area contributed by atoms with Crippen molar-refractivity contribution in [1.29, 1.82) is 0 Å². The third-order valence-electron chi connectivity index (χ3n) is 3.57. The van der Waals surface area contributed by atoms with E-state index < -0.39 is 0 Å². The number of hydrogen-bond acceptors (Lipinski definition) is 3. The van der Waals surface area contributed by atoms with Crippen LogP contribution in [-0.2, 0) is 9.59 Å². The van der Waals surface area contributed by atoms with Gasteiger partial charge < -0.3 is 15.4 Å². The molecule has 5 nitrogen and oxygen atoms in total. The molecule has 0 radical (unpaired) electrons. The van der Waals surface area contributed by atoms with Crippen LogP contribution in [-0.4, -0.2) is 18.9 Å². The summed E-state index contributed by atoms with van der Waals surface area (Å²) < 4.78 is 5.05. The number of carbonyl (C=O) groups is 2. The predicted octanol–water partition coefficient (Wildman–Crippen LogP) is 3.28. The smallest absolute Gasteiger partial charge is 0.233 e. The molecule has 0 saturated heterocycles. The van der Waals surface area contributed by atoms with Gasteiger partial charge in [-0.2, -0.15) is 0 Å². The van der Waals surface area contributed by atoms with E-state index in [-0.39, 0.29) is 18.2 Å². The summed E-state index contributed by atoms with van der Waals surface area (Å²) in [5.74, 6) is -0.00153. The highest BCUT2D eigenvalue weighted by atomic mass is 16.5. The van der Waals surface area contributed by atoms with Gasteiger partial charge in [-0.15, -0.1) is 0 Å². The maximum absolute atomic E-state index is 12.0. The third-order valence-corrected chi connectivity index (χ3v) is 3.57. The minimum atomic E-state index is -0.363. The monoisotopic (exact) mass is 312 g/mol. The van der Waals surface area contributed by atoms with Crippen molar-refractivity contribution in [1.82, 2.24) is 0 Å². The molecule has 2 aromatic carbocycles. The molecule has 2 aromatic rings. The van der Waals surface area contributed by atoms with Crippen molar-refractivity contribution in [2.24, 2.45) is 0 Å². The first-order chi connectivity index (χ1) is 11.0. The highest BCUT2D eigenvalue weighted by molar-refractivity contribution is 6.08. The van der Waals surface area contributed by atoms with Gasteiger partial charge in [-0.3, -0.25) is 9.59 Å². The molecule has 2 N–H and O–H groups in total. The maximum Gasteiger partial charge on any atom is 0.233 e. The van der Waals surface area contributed by atoms with E-state index in [1.54, 1.807) is 31.4 Å². The minimum absolute atomic E-state index is 0.237. The Morgan fingerprint density at radius 1 is 0.957 bits per heavy atom. The van der Waals surface area contributed by atoms with Gasteiger partial charge >= 0.3 is 0 Å². The van der Waals surface area contributed by atoms with Crippen LogP contribution in [0.5, 0.6) is 5.75 Å². The fourth-order valence-corrected chi connectivity index (χ4v) is 2.11. The van der Waals surface area contributed by atoms with Gasteiger partial charge in [0.1, 0.15) is 12.2 Å². The second-order valence-electron chi connectivity index (χ2n) is 5.25. The van der Waals surface area contributed by atoms with E-state index in [0.717, 1.165) is 16.8 Å². The summed E-state index contributed by atoms with van der Waals surface area (Å²) in [6, 6.07) is 12.6. The lowest BCUT2D eigenvalue weighted by Gasteiger charge is -2.10. The number of benzene rings is 2. The summed E-state index contributed by atoms with van der Waals surface area (Å²) in [5, 5.41) is 5.45. The van der Waals surface area contributed by atoms with Crippen LogP contribution in [0.3, 0.4) is 0 Å². The fourth-order valence-electron chi connectivity index (χ4n) is 2.11. The van der Waals surface area contributed by atoms with Crippen molar-refractivity contribution in [3.63, 3.8) is 0 Å². The lowest BCUT2D eigenvalue weighted by molar-refractivity contribution is -0.123. The summed E-state index contributed by atoms with van der Waals surface area (Å²) >= 11 is 0. The number of aryl methyl sites for hydroxylation is 1. The van der Waals surface area contributed by atoms with Crippen LogP contribution >= 0.6 is 0 Å². The number of methoxy groups -OCH3 is 1. The molecule has 0 aromatic heterocycles. The summed E-state index contributed by atoms with van der Waals surface area (Å²) in [4.78, 5) is 23.9. The molecule has 0 aliphatic heterocycles. The Bertz CT molecular complexity index is 709. The van der Waals surface area contributed by atoms with Crippen molar-refractivity contribution in [3.8, 4) is 5.75 Å². The Morgan fingerprint density at radius 3 is 2.26 bits per heavy atom. The van der Waals surface area contributed by atoms with Crippen LogP contribution < -0.4 is 15.4 Å². The molecule has 120 valence electrons. The van der Waals surface area contributed by atoms with Crippen LogP contribution in [0.2, 0.25) is 0 Å². The highest BCUT2D eigenvalue weighted by Crippen LogP contribution is 2.18. The number of hydrogen-bond donors (Lipinski definition) is 2. The standard InChI is InChI=1S/C18H20N2O3/c1-12-5-4-6-16(13(12)2)20-18(22)11-17(21)19-14-7-9-15(23-3)10-8-14/h4-10H,11H2,1-3H3,(H,19,21)(H,20,22). The Balaban J connectivity index is 1.91. The van der Waals surface area contributed by atoms with E-state index >= 15 is 0 Å². The molecule has 5 heteroatoms. The first-order valence-electron chi connectivity index (χ1n) is 7.29. The van der Waals surface area contributed by atoms with E-state index in [2.05, 4.69) is 10.6 Å². The van der Waals surface area contributed by atoms with Gasteiger partial charge in [-0.25, -0.2) is 0 Å². The third kappa shape index (κ3) is 4.57. The Kier molecular flexibility index (Phi) is 5.36. The first-order valence-corrected chi connectivity index (χ1v) is 7.29. The van der Waals surface area contributed by atoms with E-state index in [1.165, 1.54) is 0 Å². The Morgan fingerprint density at radius 2 is 1.61 bits per heavy atom. The second kappa shape index (κ2) is 7.45. The number of anilines is 2. The molecule has 2 rings (SSSR count). The lowest BCUT2D eigenvalue weighted by atomic mass is 10.1. The molecule has 0 atom stereocenters. The number of amides is 2. The molecular weight excluding hydrogens is 292 g/mol. The molecule has 0 saturated carbocycles. The molecule has 0 bridgehead atoms. The molecule has 0 unspecified atom stereocenters. The van der Waals surface area contributed by atoms with Gasteiger partial charge in [0.25, 0.3) is 0 Å². The second-order valence-corrected chi connectivity index (χ2v) is 5.25. The summed E-state index contributed by atoms with van der Waals surface area (Å²) in [5.41, 5.74) is 3.43. The Hall–Kier alpha value is -2.82. The number of nitrogens with one attached hydrogen (secondary N) is 2. The van der Waals surface area contributed by atoms with Gasteiger partial charge in [0.15, 0.2) is 0 Å². The van der Waals surface area contributed by atoms with E-state index in [1.807, 2.05) is 32.0 Å². The van der Waals surface area contributed by atoms with Crippen molar-refractivity contribution >= 4 is 23.2 Å². The van der Waals surface area contributed by atoms with Crippen LogP contribution in [0.15, 0.2) is 42.5 Å². The quantitative estimate of drug-likeness (QED) is 0.833. The molecule has 0 spiro atoms. The van der Waals surface area contributed by atoms with Crippen LogP contribution in [0.1, 0.15) is 17.5 Å². The lowest BCUT2D eigenvalue weighted by Crippen LogP contribution is -2.21. The molecule has 0 aliphatic carbocycles. The minimum Gasteiger partial charge on any atom is -0.497 e. The SMILES string of the molecule is COc1ccc(NC(=O)CC(=O)Nc2cccc(C)c2C)cc1. The van der Waals surface area contributed by atoms with Crippen molar-refractivity contribution in [3.05, 3.63) is 53.6 Å². The normalized spacial score (nSPS) is 10.0. The number of carbonyl (C=O) groups excluding carboxylic acids is 2. The number of ether oxygens (including phenoxy) is 1. The zero-order valence-corrected chi connectivity index (χ0v) is 13.5. The van der Waals surface area contributed by atoms with Crippen LogP contribution in [0, 0.1) is 13.8 Å². The first kappa shape index (κ1) is 16.5. The topological polar surface area (TPSA) is 67.4 Å². The van der Waals surface area contributed by atoms with Gasteiger partial charge in [0.2, 0.25) is 11.8 Å². The molecular formula is C18H20N2O3. The average Bonchev–Trinajstić information content (AvgIpc) is 2.52. The molecule has 0 aliphatic rings. The van der Waals surface area contributed by atoms with Gasteiger partial charge in [0.05, 0.1) is 7.11 Å². The number of rotatable bonds is 5. The summed E-state index contributed by atoms with van der Waals surface area (Å²) in [6.07, 6.45) is -0.237. The van der Waals surface area contributed by atoms with E-state index in [0.29, 0.717) is 11.4 Å². The van der Waals surface area contributed by atoms with Crippen molar-refractivity contribution in [2.45, 2.75) is 20.3 Å². The average molecular weight is 312 g/mol. The van der Waals surface area contributed by atoms with Crippen molar-refractivity contribution < 1.29 is 14.3 Å². The zero-order valence-electron chi connectivity index (χ0n) is 13.5. The van der Waals surface area contributed by atoms with Crippen molar-refractivity contribution in [2.75, 3.05) is 17.7 Å². The van der Waals surface area contributed by atoms with Gasteiger partial charge in [-0.1, -0.05) is 12.1 Å². The molecule has 0 fully saturated rings. The predicted molar refractivity (Wildman–Crippen MR) is 90.8 cm³/mol. The van der Waals surface area contributed by atoms with Gasteiger partial charge in [0, 0.05) is 11.4 Å². The summed E-state index contributed by atoms with van der Waals surface area (Å²) in [6.45, 7) is 3.91. The Labute approximate surface area is 135 Å². The van der Waals surface area contributed by atoms with Crippen LogP contribution in [0.4, 0.5) is 11.4 Å². The zero-order chi connectivity index (χ0) is 16.8. The van der Waals surface area contributed by atoms with E-state index in [9.17, 15) is 9.59 Å². The summed E-state index contributed by atoms with van der Waals surface area (Å²) in [7, 11) is 1.57. The fraction of sp³-hybridized carbons (Fsp3) is 0.222. The van der Waals surface area contributed by atoms with Crippen LogP contribution in [0.25, 0.3) is 0 Å². The van der Waals surface area contributed by atoms with E-state index in [4.69, 9.17) is 4.74 Å². The highest BCUT2D eigenvalue weighted by Gasteiger charge is 2.11. The molecule has 23 heavy (non-hydrogen) atoms. The molecule has 2 amide bonds.